The molecule has 1 aliphatic rings. The molecule has 0 aliphatic heterocycles. The van der Waals surface area contributed by atoms with Gasteiger partial charge in [0, 0.05) is 18.5 Å². The lowest BCUT2D eigenvalue weighted by molar-refractivity contribution is 0.260. The first-order valence-electron chi connectivity index (χ1n) is 6.44. The van der Waals surface area contributed by atoms with Crippen molar-refractivity contribution in [3.63, 3.8) is 0 Å². The molecule has 1 aromatic rings. The molecule has 0 amide bonds. The average molecular weight is 235 g/mol. The number of nitrogens with zero attached hydrogens (tertiary/aromatic N) is 2. The van der Waals surface area contributed by atoms with E-state index in [0.29, 0.717) is 24.4 Å². The molecule has 0 bridgehead atoms. The Balaban J connectivity index is 2.06. The average Bonchev–Trinajstić information content (AvgIpc) is 3.10. The van der Waals surface area contributed by atoms with Crippen LogP contribution in [0, 0.1) is 5.92 Å². The van der Waals surface area contributed by atoms with Crippen molar-refractivity contribution in [1.29, 1.82) is 0 Å². The van der Waals surface area contributed by atoms with E-state index in [1.807, 2.05) is 6.07 Å². The summed E-state index contributed by atoms with van der Waals surface area (Å²) in [6, 6.07) is 2.51. The lowest BCUT2D eigenvalue weighted by Crippen LogP contribution is -2.10. The number of anilines is 1. The van der Waals surface area contributed by atoms with E-state index in [1.165, 1.54) is 12.8 Å². The number of aromatic nitrogens is 2. The van der Waals surface area contributed by atoms with Gasteiger partial charge in [-0.1, -0.05) is 20.8 Å². The van der Waals surface area contributed by atoms with Gasteiger partial charge in [-0.25, -0.2) is 4.98 Å². The molecule has 1 aliphatic carbocycles. The molecule has 94 valence electrons. The molecule has 0 saturated heterocycles. The number of hydrogen-bond donors (Lipinski definition) is 1. The summed E-state index contributed by atoms with van der Waals surface area (Å²) >= 11 is 0. The smallest absolute Gasteiger partial charge is 0.218 e. The topological polar surface area (TPSA) is 47.0 Å². The molecule has 0 aromatic carbocycles. The Morgan fingerprint density at radius 3 is 2.76 bits per heavy atom. The zero-order valence-electron chi connectivity index (χ0n) is 10.9. The van der Waals surface area contributed by atoms with E-state index < -0.39 is 0 Å². The van der Waals surface area contributed by atoms with E-state index in [2.05, 4.69) is 36.1 Å². The number of rotatable bonds is 6. The third-order valence-electron chi connectivity index (χ3n) is 2.56. The Morgan fingerprint density at radius 2 is 2.18 bits per heavy atom. The quantitative estimate of drug-likeness (QED) is 0.823. The van der Waals surface area contributed by atoms with Crippen LogP contribution in [0.25, 0.3) is 0 Å². The van der Waals surface area contributed by atoms with Crippen LogP contribution in [0.15, 0.2) is 6.07 Å². The maximum Gasteiger partial charge on any atom is 0.218 e. The summed E-state index contributed by atoms with van der Waals surface area (Å²) in [5.74, 6) is 2.94. The fourth-order valence-electron chi connectivity index (χ4n) is 1.47. The monoisotopic (exact) mass is 235 g/mol. The minimum Gasteiger partial charge on any atom is -0.477 e. The lowest BCUT2D eigenvalue weighted by Gasteiger charge is -2.11. The molecule has 1 N–H and O–H groups in total. The summed E-state index contributed by atoms with van der Waals surface area (Å²) in [5, 5.41) is 3.39. The van der Waals surface area contributed by atoms with Gasteiger partial charge >= 0.3 is 0 Å². The summed E-state index contributed by atoms with van der Waals surface area (Å²) < 4.78 is 5.66. The predicted octanol–water partition coefficient (Wildman–Crippen LogP) is 2.65. The molecule has 1 saturated carbocycles. The van der Waals surface area contributed by atoms with Gasteiger partial charge in [0.15, 0.2) is 0 Å². The first kappa shape index (κ1) is 12.1. The fourth-order valence-corrected chi connectivity index (χ4v) is 1.47. The van der Waals surface area contributed by atoms with Crippen molar-refractivity contribution in [2.24, 2.45) is 5.92 Å². The molecule has 1 aromatic heterocycles. The van der Waals surface area contributed by atoms with Crippen molar-refractivity contribution in [2.75, 3.05) is 11.9 Å². The first-order chi connectivity index (χ1) is 8.17. The molecular weight excluding hydrogens is 214 g/mol. The summed E-state index contributed by atoms with van der Waals surface area (Å²) in [6.07, 6.45) is 3.32. The van der Waals surface area contributed by atoms with Crippen LogP contribution in [-0.4, -0.2) is 22.6 Å². The van der Waals surface area contributed by atoms with Gasteiger partial charge in [-0.15, -0.1) is 0 Å². The van der Waals surface area contributed by atoms with Crippen molar-refractivity contribution < 1.29 is 4.74 Å². The van der Waals surface area contributed by atoms with E-state index in [4.69, 9.17) is 4.74 Å². The van der Waals surface area contributed by atoms with Crippen molar-refractivity contribution in [2.45, 2.75) is 46.1 Å². The number of hydrogen-bond acceptors (Lipinski definition) is 4. The molecular formula is C13H21N3O. The van der Waals surface area contributed by atoms with Crippen LogP contribution < -0.4 is 10.1 Å². The molecule has 0 radical (unpaired) electrons. The normalized spacial score (nSPS) is 15.1. The fraction of sp³-hybridized carbons (Fsp3) is 0.692. The summed E-state index contributed by atoms with van der Waals surface area (Å²) in [5.41, 5.74) is 0. The van der Waals surface area contributed by atoms with E-state index in [9.17, 15) is 0 Å². The van der Waals surface area contributed by atoms with Crippen LogP contribution in [0.4, 0.5) is 5.82 Å². The van der Waals surface area contributed by atoms with Gasteiger partial charge in [0.05, 0.1) is 6.61 Å². The number of aryl methyl sites for hydroxylation is 1. The summed E-state index contributed by atoms with van der Waals surface area (Å²) in [4.78, 5) is 8.84. The second-order valence-electron chi connectivity index (χ2n) is 4.98. The molecule has 4 heteroatoms. The SMILES string of the molecule is CCc1nc(NC2CC2)cc(OCC(C)C)n1. The van der Waals surface area contributed by atoms with Gasteiger partial charge in [-0.3, -0.25) is 0 Å². The van der Waals surface area contributed by atoms with Crippen LogP contribution in [0.1, 0.15) is 39.4 Å². The lowest BCUT2D eigenvalue weighted by atomic mass is 10.2. The van der Waals surface area contributed by atoms with E-state index in [-0.39, 0.29) is 0 Å². The predicted molar refractivity (Wildman–Crippen MR) is 68.4 cm³/mol. The largest absolute Gasteiger partial charge is 0.477 e. The maximum atomic E-state index is 5.66. The van der Waals surface area contributed by atoms with E-state index in [0.717, 1.165) is 18.1 Å². The molecule has 1 fully saturated rings. The van der Waals surface area contributed by atoms with Gasteiger partial charge in [0.2, 0.25) is 5.88 Å². The van der Waals surface area contributed by atoms with Crippen LogP contribution in [0.2, 0.25) is 0 Å². The molecule has 0 spiro atoms. The highest BCUT2D eigenvalue weighted by Crippen LogP contribution is 2.25. The third-order valence-corrected chi connectivity index (χ3v) is 2.56. The summed E-state index contributed by atoms with van der Waals surface area (Å²) in [6.45, 7) is 7.02. The number of nitrogens with one attached hydrogen (secondary N) is 1. The van der Waals surface area contributed by atoms with Crippen LogP contribution in [0.3, 0.4) is 0 Å². The maximum absolute atomic E-state index is 5.66. The van der Waals surface area contributed by atoms with Crippen molar-refractivity contribution in [3.05, 3.63) is 11.9 Å². The van der Waals surface area contributed by atoms with E-state index >= 15 is 0 Å². The molecule has 0 unspecified atom stereocenters. The van der Waals surface area contributed by atoms with Gasteiger partial charge < -0.3 is 10.1 Å². The second-order valence-corrected chi connectivity index (χ2v) is 4.98. The van der Waals surface area contributed by atoms with Crippen LogP contribution in [-0.2, 0) is 6.42 Å². The molecule has 0 atom stereocenters. The third kappa shape index (κ3) is 3.88. The zero-order chi connectivity index (χ0) is 12.3. The van der Waals surface area contributed by atoms with Crippen molar-refractivity contribution in [3.8, 4) is 5.88 Å². The van der Waals surface area contributed by atoms with Crippen molar-refractivity contribution >= 4 is 5.82 Å². The Bertz CT molecular complexity index is 375. The van der Waals surface area contributed by atoms with Gasteiger partial charge in [0.25, 0.3) is 0 Å². The van der Waals surface area contributed by atoms with Gasteiger partial charge in [-0.2, -0.15) is 4.98 Å². The van der Waals surface area contributed by atoms with Crippen LogP contribution >= 0.6 is 0 Å². The minimum atomic E-state index is 0.509. The molecule has 2 rings (SSSR count). The molecule has 4 nitrogen and oxygen atoms in total. The number of ether oxygens (including phenoxy) is 1. The second kappa shape index (κ2) is 5.34. The van der Waals surface area contributed by atoms with Gasteiger partial charge in [0.1, 0.15) is 11.6 Å². The standard InChI is InChI=1S/C13H21N3O/c1-4-11-15-12(14-10-5-6-10)7-13(16-11)17-8-9(2)3/h7,9-10H,4-6,8H2,1-3H3,(H,14,15,16). The van der Waals surface area contributed by atoms with Crippen molar-refractivity contribution in [1.82, 2.24) is 9.97 Å². The van der Waals surface area contributed by atoms with E-state index in [1.54, 1.807) is 0 Å². The van der Waals surface area contributed by atoms with Gasteiger partial charge in [-0.05, 0) is 18.8 Å². The Morgan fingerprint density at radius 1 is 1.41 bits per heavy atom. The Kier molecular flexibility index (Phi) is 3.82. The minimum absolute atomic E-state index is 0.509. The molecule has 17 heavy (non-hydrogen) atoms. The zero-order valence-corrected chi connectivity index (χ0v) is 10.9. The molecule has 1 heterocycles. The van der Waals surface area contributed by atoms with Crippen LogP contribution in [0.5, 0.6) is 5.88 Å². The Labute approximate surface area is 103 Å². The summed E-state index contributed by atoms with van der Waals surface area (Å²) in [7, 11) is 0. The highest BCUT2D eigenvalue weighted by atomic mass is 16.5. The highest BCUT2D eigenvalue weighted by Gasteiger charge is 2.21. The highest BCUT2D eigenvalue weighted by molar-refractivity contribution is 5.40. The first-order valence-corrected chi connectivity index (χ1v) is 6.44. The Hall–Kier alpha value is -1.32.